The molecule has 0 radical (unpaired) electrons. The highest BCUT2D eigenvalue weighted by atomic mass is 16.5. The molecule has 0 saturated heterocycles. The van der Waals surface area contributed by atoms with E-state index in [0.29, 0.717) is 29.7 Å². The third kappa shape index (κ3) is 5.51. The minimum Gasteiger partial charge on any atom is -0.493 e. The van der Waals surface area contributed by atoms with Crippen LogP contribution in [0.1, 0.15) is 42.5 Å². The molecule has 1 unspecified atom stereocenters. The molecule has 0 aromatic heterocycles. The average molecular weight is 394 g/mol. The highest BCUT2D eigenvalue weighted by Crippen LogP contribution is 2.38. The summed E-state index contributed by atoms with van der Waals surface area (Å²) >= 11 is 0. The van der Waals surface area contributed by atoms with Gasteiger partial charge >= 0.3 is 0 Å². The molecule has 0 heterocycles. The average Bonchev–Trinajstić information content (AvgIpc) is 2.75. The lowest BCUT2D eigenvalue weighted by Crippen LogP contribution is -2.49. The Bertz CT molecular complexity index is 648. The fourth-order valence-electron chi connectivity index (χ4n) is 3.41. The molecule has 28 heavy (non-hydrogen) atoms. The van der Waals surface area contributed by atoms with Crippen molar-refractivity contribution in [3.05, 3.63) is 17.7 Å². The lowest BCUT2D eigenvalue weighted by molar-refractivity contribution is -0.124. The van der Waals surface area contributed by atoms with Gasteiger partial charge in [0.2, 0.25) is 11.7 Å². The minimum absolute atomic E-state index is 0.230. The molecule has 2 rings (SSSR count). The van der Waals surface area contributed by atoms with Crippen molar-refractivity contribution in [2.24, 2.45) is 5.92 Å². The second kappa shape index (κ2) is 10.8. The van der Waals surface area contributed by atoms with Crippen molar-refractivity contribution in [1.82, 2.24) is 10.6 Å². The van der Waals surface area contributed by atoms with E-state index in [-0.39, 0.29) is 5.56 Å². The maximum absolute atomic E-state index is 12.6. The van der Waals surface area contributed by atoms with Gasteiger partial charge in [0.1, 0.15) is 6.04 Å². The number of carbonyl (C=O) groups excluding carboxylic acids is 2. The van der Waals surface area contributed by atoms with E-state index in [1.54, 1.807) is 0 Å². The molecule has 156 valence electrons. The van der Waals surface area contributed by atoms with Crippen molar-refractivity contribution in [2.45, 2.75) is 38.1 Å². The first-order valence-corrected chi connectivity index (χ1v) is 9.53. The van der Waals surface area contributed by atoms with Gasteiger partial charge in [-0.2, -0.15) is 0 Å². The van der Waals surface area contributed by atoms with Crippen LogP contribution in [0.15, 0.2) is 12.1 Å². The second-order valence-electron chi connectivity index (χ2n) is 6.87. The van der Waals surface area contributed by atoms with Crippen molar-refractivity contribution < 1.29 is 28.9 Å². The molecule has 2 amide bonds. The minimum atomic E-state index is -1.03. The molecule has 8 nitrogen and oxygen atoms in total. The Kier molecular flexibility index (Phi) is 8.38. The first kappa shape index (κ1) is 21.8. The molecule has 1 aromatic rings. The SMILES string of the molecule is COc1cc(C(=O)NC(CO)C(=O)NCC2CCCCC2)cc(OC)c1OC. The van der Waals surface area contributed by atoms with Gasteiger partial charge < -0.3 is 30.0 Å². The summed E-state index contributed by atoms with van der Waals surface area (Å²) in [7, 11) is 4.38. The lowest BCUT2D eigenvalue weighted by Gasteiger charge is -2.23. The van der Waals surface area contributed by atoms with Crippen molar-refractivity contribution in [1.29, 1.82) is 0 Å². The predicted octanol–water partition coefficient (Wildman–Crippen LogP) is 1.50. The van der Waals surface area contributed by atoms with Crippen LogP contribution >= 0.6 is 0 Å². The summed E-state index contributed by atoms with van der Waals surface area (Å²) in [5.41, 5.74) is 0.230. The number of rotatable bonds is 9. The van der Waals surface area contributed by atoms with Gasteiger partial charge in [0.05, 0.1) is 27.9 Å². The van der Waals surface area contributed by atoms with Crippen molar-refractivity contribution >= 4 is 11.8 Å². The largest absolute Gasteiger partial charge is 0.493 e. The third-order valence-corrected chi connectivity index (χ3v) is 5.02. The van der Waals surface area contributed by atoms with Crippen LogP contribution in [0.3, 0.4) is 0 Å². The van der Waals surface area contributed by atoms with Gasteiger partial charge in [-0.15, -0.1) is 0 Å². The fourth-order valence-corrected chi connectivity index (χ4v) is 3.41. The number of hydrogen-bond donors (Lipinski definition) is 3. The van der Waals surface area contributed by atoms with Crippen LogP contribution in [0, 0.1) is 5.92 Å². The summed E-state index contributed by atoms with van der Waals surface area (Å²) in [5.74, 6) is 0.567. The summed E-state index contributed by atoms with van der Waals surface area (Å²) in [6.07, 6.45) is 5.81. The van der Waals surface area contributed by atoms with Gasteiger partial charge in [-0.25, -0.2) is 0 Å². The molecule has 0 bridgehead atoms. The maximum atomic E-state index is 12.6. The van der Waals surface area contributed by atoms with Crippen LogP contribution in [0.5, 0.6) is 17.2 Å². The van der Waals surface area contributed by atoms with Crippen molar-refractivity contribution in [2.75, 3.05) is 34.5 Å². The van der Waals surface area contributed by atoms with Gasteiger partial charge in [-0.05, 0) is 30.9 Å². The molecule has 1 aromatic carbocycles. The number of aliphatic hydroxyl groups is 1. The quantitative estimate of drug-likeness (QED) is 0.586. The van der Waals surface area contributed by atoms with Crippen LogP contribution in [0.25, 0.3) is 0 Å². The molecular formula is C20H30N2O6. The number of benzene rings is 1. The smallest absolute Gasteiger partial charge is 0.252 e. The van der Waals surface area contributed by atoms with Gasteiger partial charge in [0, 0.05) is 12.1 Å². The molecule has 3 N–H and O–H groups in total. The topological polar surface area (TPSA) is 106 Å². The zero-order valence-corrected chi connectivity index (χ0v) is 16.7. The number of ether oxygens (including phenoxy) is 3. The monoisotopic (exact) mass is 394 g/mol. The third-order valence-electron chi connectivity index (χ3n) is 5.02. The molecule has 1 aliphatic rings. The van der Waals surface area contributed by atoms with E-state index >= 15 is 0 Å². The maximum Gasteiger partial charge on any atom is 0.252 e. The summed E-state index contributed by atoms with van der Waals surface area (Å²) in [6, 6.07) is 1.95. The van der Waals surface area contributed by atoms with Gasteiger partial charge in [-0.3, -0.25) is 9.59 Å². The lowest BCUT2D eigenvalue weighted by atomic mass is 9.89. The predicted molar refractivity (Wildman–Crippen MR) is 104 cm³/mol. The Morgan fingerprint density at radius 3 is 2.18 bits per heavy atom. The van der Waals surface area contributed by atoms with E-state index in [9.17, 15) is 14.7 Å². The van der Waals surface area contributed by atoms with E-state index in [1.807, 2.05) is 0 Å². The van der Waals surface area contributed by atoms with Gasteiger partial charge in [-0.1, -0.05) is 19.3 Å². The molecule has 1 atom stereocenters. The number of hydrogen-bond acceptors (Lipinski definition) is 6. The molecule has 1 fully saturated rings. The van der Waals surface area contributed by atoms with E-state index in [2.05, 4.69) is 10.6 Å². The first-order chi connectivity index (χ1) is 13.5. The number of aliphatic hydroxyl groups excluding tert-OH is 1. The Hall–Kier alpha value is -2.48. The number of carbonyl (C=O) groups is 2. The Morgan fingerprint density at radius 1 is 1.07 bits per heavy atom. The number of methoxy groups -OCH3 is 3. The molecule has 0 spiro atoms. The van der Waals surface area contributed by atoms with E-state index < -0.39 is 24.5 Å². The molecule has 8 heteroatoms. The standard InChI is InChI=1S/C20H30N2O6/c1-26-16-9-14(10-17(27-2)18(16)28-3)19(24)22-15(12-23)20(25)21-11-13-7-5-4-6-8-13/h9-10,13,15,23H,4-8,11-12H2,1-3H3,(H,21,25)(H,22,24). The summed E-state index contributed by atoms with van der Waals surface area (Å²) in [6.45, 7) is 0.0715. The molecule has 1 aliphatic carbocycles. The zero-order chi connectivity index (χ0) is 20.5. The molecular weight excluding hydrogens is 364 g/mol. The Balaban J connectivity index is 2.03. The van der Waals surface area contributed by atoms with E-state index in [0.717, 1.165) is 12.8 Å². The highest BCUT2D eigenvalue weighted by Gasteiger charge is 2.24. The number of nitrogens with one attached hydrogen (secondary N) is 2. The Morgan fingerprint density at radius 2 is 1.68 bits per heavy atom. The Labute approximate surface area is 165 Å². The van der Waals surface area contributed by atoms with E-state index in [1.165, 1.54) is 52.7 Å². The molecule has 0 aliphatic heterocycles. The van der Waals surface area contributed by atoms with Crippen molar-refractivity contribution in [3.8, 4) is 17.2 Å². The summed E-state index contributed by atoms with van der Waals surface area (Å²) in [4.78, 5) is 25.0. The van der Waals surface area contributed by atoms with Crippen LogP contribution in [0.4, 0.5) is 0 Å². The normalized spacial score (nSPS) is 15.4. The van der Waals surface area contributed by atoms with E-state index in [4.69, 9.17) is 14.2 Å². The molecule has 1 saturated carbocycles. The zero-order valence-electron chi connectivity index (χ0n) is 16.7. The second-order valence-corrected chi connectivity index (χ2v) is 6.87. The fraction of sp³-hybridized carbons (Fsp3) is 0.600. The number of amides is 2. The van der Waals surface area contributed by atoms with Gasteiger partial charge in [0.15, 0.2) is 11.5 Å². The van der Waals surface area contributed by atoms with Gasteiger partial charge in [0.25, 0.3) is 5.91 Å². The van der Waals surface area contributed by atoms with Crippen LogP contribution in [-0.2, 0) is 4.79 Å². The van der Waals surface area contributed by atoms with Crippen LogP contribution in [0.2, 0.25) is 0 Å². The highest BCUT2D eigenvalue weighted by molar-refractivity contribution is 5.98. The summed E-state index contributed by atoms with van der Waals surface area (Å²) < 4.78 is 15.7. The summed E-state index contributed by atoms with van der Waals surface area (Å²) in [5, 5.41) is 15.0. The van der Waals surface area contributed by atoms with Crippen molar-refractivity contribution in [3.63, 3.8) is 0 Å². The first-order valence-electron chi connectivity index (χ1n) is 9.53. The van der Waals surface area contributed by atoms with Crippen LogP contribution in [-0.4, -0.2) is 57.4 Å². The van der Waals surface area contributed by atoms with Crippen LogP contribution < -0.4 is 24.8 Å².